The standard InChI is InChI=1S/C20H29N3O6S/c24-13(7-4-5-8-15-19-14(12-30-15)21-20(28)22-19)6-2-1-3-9-18(27)29-23-16(25)10-11-17(23)26/h14-15,19H,1-12H2,(H2,21,22,28)/t14-,15-,19-/m0/s1. The van der Waals surface area contributed by atoms with Crippen molar-refractivity contribution < 1.29 is 28.8 Å². The molecule has 4 amide bonds. The van der Waals surface area contributed by atoms with E-state index in [9.17, 15) is 24.0 Å². The van der Waals surface area contributed by atoms with E-state index in [-0.39, 0.29) is 43.2 Å². The minimum Gasteiger partial charge on any atom is -0.332 e. The lowest BCUT2D eigenvalue weighted by Gasteiger charge is -2.16. The van der Waals surface area contributed by atoms with Crippen molar-refractivity contribution in [3.8, 4) is 0 Å². The number of rotatable bonds is 12. The first-order valence-corrected chi connectivity index (χ1v) is 11.8. The van der Waals surface area contributed by atoms with Crippen molar-refractivity contribution in [1.82, 2.24) is 15.7 Å². The number of thioether (sulfide) groups is 1. The first-order valence-electron chi connectivity index (χ1n) is 10.7. The van der Waals surface area contributed by atoms with Crippen LogP contribution in [0.4, 0.5) is 4.79 Å². The number of unbranched alkanes of at least 4 members (excludes halogenated alkanes) is 3. The summed E-state index contributed by atoms with van der Waals surface area (Å²) < 4.78 is 0. The van der Waals surface area contributed by atoms with Gasteiger partial charge < -0.3 is 15.5 Å². The Morgan fingerprint density at radius 2 is 1.60 bits per heavy atom. The summed E-state index contributed by atoms with van der Waals surface area (Å²) in [5.74, 6) is -0.361. The van der Waals surface area contributed by atoms with Crippen LogP contribution in [0, 0.1) is 0 Å². The molecular weight excluding hydrogens is 410 g/mol. The maximum Gasteiger partial charge on any atom is 0.333 e. The number of carbonyl (C=O) groups is 5. The molecular formula is C20H29N3O6S. The van der Waals surface area contributed by atoms with Gasteiger partial charge in [0.15, 0.2) is 0 Å². The molecule has 3 heterocycles. The fraction of sp³-hybridized carbons (Fsp3) is 0.750. The highest BCUT2D eigenvalue weighted by Crippen LogP contribution is 2.33. The number of hydrogen-bond acceptors (Lipinski definition) is 7. The Labute approximate surface area is 180 Å². The molecule has 0 bridgehead atoms. The second-order valence-electron chi connectivity index (χ2n) is 8.01. The molecule has 0 aromatic heterocycles. The van der Waals surface area contributed by atoms with Crippen LogP contribution >= 0.6 is 11.8 Å². The van der Waals surface area contributed by atoms with E-state index in [2.05, 4.69) is 10.6 Å². The summed E-state index contributed by atoms with van der Waals surface area (Å²) in [5.41, 5.74) is 0. The molecule has 0 unspecified atom stereocenters. The van der Waals surface area contributed by atoms with Crippen LogP contribution in [-0.4, -0.2) is 57.7 Å². The van der Waals surface area contributed by atoms with Gasteiger partial charge in [-0.1, -0.05) is 12.8 Å². The van der Waals surface area contributed by atoms with Gasteiger partial charge in [-0.15, -0.1) is 5.06 Å². The fourth-order valence-electron chi connectivity index (χ4n) is 4.01. The molecule has 166 valence electrons. The minimum absolute atomic E-state index is 0.0724. The van der Waals surface area contributed by atoms with Crippen LogP contribution in [0.5, 0.6) is 0 Å². The normalized spacial score (nSPS) is 25.3. The van der Waals surface area contributed by atoms with Gasteiger partial charge >= 0.3 is 12.0 Å². The maximum atomic E-state index is 12.0. The number of carbonyl (C=O) groups excluding carboxylic acids is 5. The fourth-order valence-corrected chi connectivity index (χ4v) is 5.55. The zero-order valence-electron chi connectivity index (χ0n) is 17.0. The van der Waals surface area contributed by atoms with Gasteiger partial charge in [0.05, 0.1) is 12.1 Å². The van der Waals surface area contributed by atoms with Crippen molar-refractivity contribution in [3.63, 3.8) is 0 Å². The Hall–Kier alpha value is -2.10. The highest BCUT2D eigenvalue weighted by molar-refractivity contribution is 8.00. The first-order chi connectivity index (χ1) is 14.4. The Kier molecular flexibility index (Phi) is 8.12. The van der Waals surface area contributed by atoms with Gasteiger partial charge in [0.2, 0.25) is 0 Å². The number of hydroxylamine groups is 2. The predicted molar refractivity (Wildman–Crippen MR) is 109 cm³/mol. The van der Waals surface area contributed by atoms with Crippen molar-refractivity contribution in [2.24, 2.45) is 0 Å². The van der Waals surface area contributed by atoms with E-state index in [1.165, 1.54) is 0 Å². The van der Waals surface area contributed by atoms with Crippen LogP contribution in [0.25, 0.3) is 0 Å². The van der Waals surface area contributed by atoms with Crippen molar-refractivity contribution in [1.29, 1.82) is 0 Å². The molecule has 3 aliphatic rings. The molecule has 3 aliphatic heterocycles. The van der Waals surface area contributed by atoms with Crippen molar-refractivity contribution in [2.45, 2.75) is 88.0 Å². The van der Waals surface area contributed by atoms with Crippen LogP contribution in [0.2, 0.25) is 0 Å². The lowest BCUT2D eigenvalue weighted by atomic mass is 10.0. The molecule has 3 rings (SSSR count). The summed E-state index contributed by atoms with van der Waals surface area (Å²) in [7, 11) is 0. The number of nitrogens with one attached hydrogen (secondary N) is 2. The number of imide groups is 1. The van der Waals surface area contributed by atoms with E-state index in [0.29, 0.717) is 36.0 Å². The smallest absolute Gasteiger partial charge is 0.332 e. The van der Waals surface area contributed by atoms with Gasteiger partial charge in [-0.05, 0) is 25.7 Å². The topological polar surface area (TPSA) is 122 Å². The third-order valence-corrected chi connectivity index (χ3v) is 7.18. The van der Waals surface area contributed by atoms with Gasteiger partial charge in [-0.25, -0.2) is 9.59 Å². The quantitative estimate of drug-likeness (QED) is 0.270. The summed E-state index contributed by atoms with van der Waals surface area (Å²) in [5, 5.41) is 6.90. The second kappa shape index (κ2) is 10.8. The van der Waals surface area contributed by atoms with E-state index in [1.807, 2.05) is 11.8 Å². The second-order valence-corrected chi connectivity index (χ2v) is 9.28. The van der Waals surface area contributed by atoms with Gasteiger partial charge in [0, 0.05) is 43.1 Å². The van der Waals surface area contributed by atoms with Crippen molar-refractivity contribution in [3.05, 3.63) is 0 Å². The monoisotopic (exact) mass is 439 g/mol. The molecule has 10 heteroatoms. The highest BCUT2D eigenvalue weighted by atomic mass is 32.2. The van der Waals surface area contributed by atoms with Crippen LogP contribution in [-0.2, 0) is 24.0 Å². The summed E-state index contributed by atoms with van der Waals surface area (Å²) in [6, 6.07) is 0.381. The molecule has 9 nitrogen and oxygen atoms in total. The average molecular weight is 440 g/mol. The van der Waals surface area contributed by atoms with Gasteiger partial charge in [-0.2, -0.15) is 11.8 Å². The zero-order chi connectivity index (χ0) is 21.5. The van der Waals surface area contributed by atoms with Gasteiger partial charge in [-0.3, -0.25) is 14.4 Å². The molecule has 0 saturated carbocycles. The summed E-state index contributed by atoms with van der Waals surface area (Å²) in [6.45, 7) is 0. The van der Waals surface area contributed by atoms with Crippen LogP contribution in [0.15, 0.2) is 0 Å². The number of urea groups is 1. The SMILES string of the molecule is O=C(CCCCCC(=O)ON1C(=O)CCC1=O)CCCC[C@@H]1SC[C@@H]2NC(=O)N[C@@H]21. The molecule has 3 fully saturated rings. The van der Waals surface area contributed by atoms with E-state index < -0.39 is 17.8 Å². The molecule has 0 aromatic carbocycles. The largest absolute Gasteiger partial charge is 0.333 e. The molecule has 3 saturated heterocycles. The molecule has 2 N–H and O–H groups in total. The summed E-state index contributed by atoms with van der Waals surface area (Å²) in [4.78, 5) is 62.7. The minimum atomic E-state index is -0.592. The van der Waals surface area contributed by atoms with E-state index in [4.69, 9.17) is 4.84 Å². The van der Waals surface area contributed by atoms with E-state index in [1.54, 1.807) is 0 Å². The lowest BCUT2D eigenvalue weighted by Crippen LogP contribution is -2.36. The average Bonchev–Trinajstić information content (AvgIpc) is 3.35. The Morgan fingerprint density at radius 1 is 0.933 bits per heavy atom. The molecule has 0 aromatic rings. The third-order valence-electron chi connectivity index (χ3n) is 5.67. The number of amides is 4. The van der Waals surface area contributed by atoms with Crippen LogP contribution in [0.1, 0.15) is 70.6 Å². The number of fused-ring (bicyclic) bond motifs is 1. The number of Topliss-reactive ketones (excluding diaryl/α,β-unsaturated/α-hetero) is 1. The lowest BCUT2D eigenvalue weighted by molar-refractivity contribution is -0.197. The van der Waals surface area contributed by atoms with E-state index in [0.717, 1.165) is 31.4 Å². The number of ketones is 1. The number of nitrogens with zero attached hydrogens (tertiary/aromatic N) is 1. The molecule has 30 heavy (non-hydrogen) atoms. The predicted octanol–water partition coefficient (Wildman–Crippen LogP) is 1.84. The highest BCUT2D eigenvalue weighted by Gasteiger charge is 2.42. The van der Waals surface area contributed by atoms with Crippen LogP contribution in [0.3, 0.4) is 0 Å². The molecule has 0 radical (unpaired) electrons. The summed E-state index contributed by atoms with van der Waals surface area (Å²) in [6.07, 6.45) is 6.20. The molecule has 0 aliphatic carbocycles. The third kappa shape index (κ3) is 6.20. The van der Waals surface area contributed by atoms with E-state index >= 15 is 0 Å². The molecule has 0 spiro atoms. The number of hydrogen-bond donors (Lipinski definition) is 2. The van der Waals surface area contributed by atoms with Gasteiger partial charge in [0.1, 0.15) is 5.78 Å². The Morgan fingerprint density at radius 3 is 2.33 bits per heavy atom. The zero-order valence-corrected chi connectivity index (χ0v) is 17.8. The molecule has 3 atom stereocenters. The van der Waals surface area contributed by atoms with Crippen molar-refractivity contribution in [2.75, 3.05) is 5.75 Å². The Balaban J connectivity index is 1.17. The van der Waals surface area contributed by atoms with Crippen molar-refractivity contribution >= 4 is 41.4 Å². The van der Waals surface area contributed by atoms with Gasteiger partial charge in [0.25, 0.3) is 11.8 Å². The Bertz CT molecular complexity index is 684. The maximum absolute atomic E-state index is 12.0. The van der Waals surface area contributed by atoms with Crippen LogP contribution < -0.4 is 10.6 Å². The first kappa shape index (κ1) is 22.6. The summed E-state index contributed by atoms with van der Waals surface area (Å²) >= 11 is 1.89.